The molecule has 0 aliphatic carbocycles. The van der Waals surface area contributed by atoms with Gasteiger partial charge in [-0.2, -0.15) is 0 Å². The van der Waals surface area contributed by atoms with Crippen molar-refractivity contribution in [3.05, 3.63) is 35.5 Å². The van der Waals surface area contributed by atoms with E-state index in [1.54, 1.807) is 21.1 Å². The molecule has 2 atom stereocenters. The van der Waals surface area contributed by atoms with E-state index in [2.05, 4.69) is 22.4 Å². The minimum Gasteiger partial charge on any atom is -0.497 e. The molecule has 21 heavy (non-hydrogen) atoms. The van der Waals surface area contributed by atoms with Crippen LogP contribution in [0.3, 0.4) is 0 Å². The van der Waals surface area contributed by atoms with E-state index in [0.717, 1.165) is 17.1 Å². The Morgan fingerprint density at radius 1 is 1.10 bits per heavy atom. The Bertz CT molecular complexity index is 598. The molecule has 0 amide bonds. The quantitative estimate of drug-likeness (QED) is 0.882. The predicted molar refractivity (Wildman–Crippen MR) is 78.5 cm³/mol. The highest BCUT2D eigenvalue weighted by Gasteiger charge is 2.18. The van der Waals surface area contributed by atoms with E-state index in [1.807, 2.05) is 25.1 Å². The van der Waals surface area contributed by atoms with E-state index in [-0.39, 0.29) is 12.1 Å². The number of benzene rings is 1. The molecule has 0 bridgehead atoms. The first-order chi connectivity index (χ1) is 10.0. The van der Waals surface area contributed by atoms with Crippen molar-refractivity contribution < 1.29 is 13.9 Å². The second-order valence-corrected chi connectivity index (χ2v) is 4.88. The van der Waals surface area contributed by atoms with Gasteiger partial charge in [-0.1, -0.05) is 6.07 Å². The summed E-state index contributed by atoms with van der Waals surface area (Å²) in [5, 5.41) is 11.3. The molecule has 1 heterocycles. The van der Waals surface area contributed by atoms with Crippen molar-refractivity contribution in [2.75, 3.05) is 14.2 Å². The summed E-state index contributed by atoms with van der Waals surface area (Å²) in [6, 6.07) is 5.79. The maximum absolute atomic E-state index is 5.44. The number of nitrogens with zero attached hydrogens (tertiary/aromatic N) is 2. The number of ether oxygens (including phenoxy) is 2. The van der Waals surface area contributed by atoms with Gasteiger partial charge in [0, 0.05) is 24.6 Å². The number of rotatable bonds is 6. The fourth-order valence-corrected chi connectivity index (χ4v) is 2.20. The van der Waals surface area contributed by atoms with Gasteiger partial charge in [0.15, 0.2) is 0 Å². The van der Waals surface area contributed by atoms with Crippen LogP contribution in [-0.4, -0.2) is 24.4 Å². The summed E-state index contributed by atoms with van der Waals surface area (Å²) in [7, 11) is 3.28. The Kier molecular flexibility index (Phi) is 4.80. The fraction of sp³-hybridized carbons (Fsp3) is 0.467. The normalized spacial score (nSPS) is 13.8. The molecule has 0 spiro atoms. The lowest BCUT2D eigenvalue weighted by Gasteiger charge is -2.20. The summed E-state index contributed by atoms with van der Waals surface area (Å²) in [4.78, 5) is 0. The summed E-state index contributed by atoms with van der Waals surface area (Å²) in [6.07, 6.45) is 0. The minimum absolute atomic E-state index is 0.0481. The predicted octanol–water partition coefficient (Wildman–Crippen LogP) is 2.81. The molecule has 114 valence electrons. The monoisotopic (exact) mass is 291 g/mol. The molecule has 0 radical (unpaired) electrons. The Hall–Kier alpha value is -2.08. The molecule has 1 aromatic heterocycles. The minimum atomic E-state index is -0.0481. The molecule has 2 rings (SSSR count). The van der Waals surface area contributed by atoms with Crippen LogP contribution in [0.5, 0.6) is 11.5 Å². The summed E-state index contributed by atoms with van der Waals surface area (Å²) >= 11 is 0. The highest BCUT2D eigenvalue weighted by Crippen LogP contribution is 2.30. The largest absolute Gasteiger partial charge is 0.497 e. The summed E-state index contributed by atoms with van der Waals surface area (Å²) < 4.78 is 16.1. The molecule has 2 aromatic rings. The first-order valence-corrected chi connectivity index (χ1v) is 6.83. The van der Waals surface area contributed by atoms with Crippen LogP contribution < -0.4 is 14.8 Å². The second kappa shape index (κ2) is 6.58. The fourth-order valence-electron chi connectivity index (χ4n) is 2.20. The molecule has 0 saturated heterocycles. The van der Waals surface area contributed by atoms with Crippen LogP contribution in [0.15, 0.2) is 22.6 Å². The van der Waals surface area contributed by atoms with E-state index < -0.39 is 0 Å². The van der Waals surface area contributed by atoms with Gasteiger partial charge in [-0.3, -0.25) is 5.32 Å². The Balaban J connectivity index is 2.14. The third-order valence-electron chi connectivity index (χ3n) is 3.32. The van der Waals surface area contributed by atoms with Gasteiger partial charge in [-0.25, -0.2) is 0 Å². The zero-order chi connectivity index (χ0) is 15.4. The van der Waals surface area contributed by atoms with Crippen LogP contribution >= 0.6 is 0 Å². The topological polar surface area (TPSA) is 69.4 Å². The van der Waals surface area contributed by atoms with E-state index in [1.165, 1.54) is 0 Å². The van der Waals surface area contributed by atoms with Crippen LogP contribution in [0, 0.1) is 6.92 Å². The first kappa shape index (κ1) is 15.3. The molecule has 0 aliphatic rings. The van der Waals surface area contributed by atoms with Gasteiger partial charge in [0.25, 0.3) is 0 Å². The van der Waals surface area contributed by atoms with Crippen molar-refractivity contribution in [2.24, 2.45) is 0 Å². The Morgan fingerprint density at radius 3 is 2.43 bits per heavy atom. The number of hydrogen-bond donors (Lipinski definition) is 1. The maximum Gasteiger partial charge on any atom is 0.233 e. The van der Waals surface area contributed by atoms with Crippen molar-refractivity contribution in [3.8, 4) is 11.5 Å². The average Bonchev–Trinajstić information content (AvgIpc) is 2.93. The van der Waals surface area contributed by atoms with Crippen molar-refractivity contribution >= 4 is 0 Å². The molecule has 6 nitrogen and oxygen atoms in total. The molecule has 1 aromatic carbocycles. The van der Waals surface area contributed by atoms with Gasteiger partial charge < -0.3 is 13.9 Å². The summed E-state index contributed by atoms with van der Waals surface area (Å²) in [5.74, 6) is 2.69. The first-order valence-electron chi connectivity index (χ1n) is 6.83. The van der Waals surface area contributed by atoms with Gasteiger partial charge in [-0.05, 0) is 19.9 Å². The third-order valence-corrected chi connectivity index (χ3v) is 3.32. The maximum atomic E-state index is 5.44. The SMILES string of the molecule is COc1ccc([C@H](C)N[C@H](C)c2nnc(C)o2)c(OC)c1. The van der Waals surface area contributed by atoms with Gasteiger partial charge in [-0.15, -0.1) is 10.2 Å². The third kappa shape index (κ3) is 3.52. The van der Waals surface area contributed by atoms with Crippen LogP contribution in [-0.2, 0) is 0 Å². The number of aryl methyl sites for hydroxylation is 1. The summed E-state index contributed by atoms with van der Waals surface area (Å²) in [6.45, 7) is 5.82. The molecular weight excluding hydrogens is 270 g/mol. The number of methoxy groups -OCH3 is 2. The summed E-state index contributed by atoms with van der Waals surface area (Å²) in [5.41, 5.74) is 1.04. The van der Waals surface area contributed by atoms with Crippen LogP contribution in [0.1, 0.15) is 43.3 Å². The number of nitrogens with one attached hydrogen (secondary N) is 1. The van der Waals surface area contributed by atoms with Crippen LogP contribution in [0.4, 0.5) is 0 Å². The van der Waals surface area contributed by atoms with Gasteiger partial charge in [0.05, 0.1) is 20.3 Å². The highest BCUT2D eigenvalue weighted by atomic mass is 16.5. The van der Waals surface area contributed by atoms with Crippen molar-refractivity contribution in [1.82, 2.24) is 15.5 Å². The average molecular weight is 291 g/mol. The molecule has 0 aliphatic heterocycles. The van der Waals surface area contributed by atoms with E-state index in [9.17, 15) is 0 Å². The van der Waals surface area contributed by atoms with Crippen molar-refractivity contribution in [3.63, 3.8) is 0 Å². The lowest BCUT2D eigenvalue weighted by Crippen LogP contribution is -2.23. The van der Waals surface area contributed by atoms with E-state index in [4.69, 9.17) is 13.9 Å². The number of hydrogen-bond acceptors (Lipinski definition) is 6. The van der Waals surface area contributed by atoms with Gasteiger partial charge in [0.1, 0.15) is 11.5 Å². The Morgan fingerprint density at radius 2 is 1.86 bits per heavy atom. The zero-order valence-electron chi connectivity index (χ0n) is 13.0. The van der Waals surface area contributed by atoms with E-state index in [0.29, 0.717) is 11.8 Å². The van der Waals surface area contributed by atoms with Crippen LogP contribution in [0.2, 0.25) is 0 Å². The molecule has 0 fully saturated rings. The molecule has 6 heteroatoms. The second-order valence-electron chi connectivity index (χ2n) is 4.88. The van der Waals surface area contributed by atoms with E-state index >= 15 is 0 Å². The van der Waals surface area contributed by atoms with Gasteiger partial charge >= 0.3 is 0 Å². The molecule has 0 saturated carbocycles. The molecule has 1 N–H and O–H groups in total. The van der Waals surface area contributed by atoms with Gasteiger partial charge in [0.2, 0.25) is 11.8 Å². The molecule has 0 unspecified atom stereocenters. The standard InChI is InChI=1S/C15H21N3O3/c1-9(16-10(2)15-18-17-11(3)21-15)13-7-6-12(19-4)8-14(13)20-5/h6-10,16H,1-5H3/t9-,10+/m0/s1. The Labute approximate surface area is 124 Å². The lowest BCUT2D eigenvalue weighted by molar-refractivity contribution is 0.363. The molecular formula is C15H21N3O3. The van der Waals surface area contributed by atoms with Crippen molar-refractivity contribution in [2.45, 2.75) is 32.9 Å². The highest BCUT2D eigenvalue weighted by molar-refractivity contribution is 5.42. The number of aromatic nitrogens is 2. The lowest BCUT2D eigenvalue weighted by atomic mass is 10.1. The van der Waals surface area contributed by atoms with Crippen LogP contribution in [0.25, 0.3) is 0 Å². The van der Waals surface area contributed by atoms with Crippen molar-refractivity contribution in [1.29, 1.82) is 0 Å². The zero-order valence-corrected chi connectivity index (χ0v) is 13.0. The smallest absolute Gasteiger partial charge is 0.233 e.